The molecule has 0 aliphatic rings. The molecule has 2 aromatic carbocycles. The number of hydrogen-bond acceptors (Lipinski definition) is 4. The van der Waals surface area contributed by atoms with Crippen molar-refractivity contribution >= 4 is 33.4 Å². The molecular weight excluding hydrogens is 348 g/mol. The third-order valence-corrected chi connectivity index (χ3v) is 5.31. The number of fused-ring (bicyclic) bond motifs is 1. The normalized spacial score (nSPS) is 11.7. The predicted octanol–water partition coefficient (Wildman–Crippen LogP) is 3.16. The number of esters is 1. The average Bonchev–Trinajstić information content (AvgIpc) is 2.95. The molecule has 0 bridgehead atoms. The van der Waals surface area contributed by atoms with Gasteiger partial charge in [-0.3, -0.25) is 9.59 Å². The van der Waals surface area contributed by atoms with Crippen LogP contribution in [0.5, 0.6) is 0 Å². The number of ether oxygens (including phenoxy) is 1. The third kappa shape index (κ3) is 3.91. The summed E-state index contributed by atoms with van der Waals surface area (Å²) in [6.07, 6.45) is 0.230. The molecule has 6 heteroatoms. The molecule has 0 atom stereocenters. The van der Waals surface area contributed by atoms with E-state index in [2.05, 4.69) is 4.99 Å². The fourth-order valence-corrected chi connectivity index (χ4v) is 3.73. The zero-order valence-electron chi connectivity index (χ0n) is 15.0. The standard InChI is InChI=1S/C20H20N2O3S/c1-13-8-9-15(10-14(13)2)11-18(23)21-20-22(12-19(24)25-3)16-6-4-5-7-17(16)26-20/h4-10H,11-12H2,1-3H3. The molecule has 1 heterocycles. The molecule has 0 unspecified atom stereocenters. The SMILES string of the molecule is COC(=O)Cn1c(=NC(=O)Cc2ccc(C)c(C)c2)sc2ccccc21. The van der Waals surface area contributed by atoms with Crippen LogP contribution in [0.25, 0.3) is 10.2 Å². The van der Waals surface area contributed by atoms with Gasteiger partial charge in [0.05, 0.1) is 23.7 Å². The highest BCUT2D eigenvalue weighted by Crippen LogP contribution is 2.17. The van der Waals surface area contributed by atoms with E-state index in [0.29, 0.717) is 4.80 Å². The molecule has 134 valence electrons. The first-order chi connectivity index (χ1) is 12.5. The Morgan fingerprint density at radius 3 is 2.62 bits per heavy atom. The van der Waals surface area contributed by atoms with Crippen molar-refractivity contribution < 1.29 is 14.3 Å². The van der Waals surface area contributed by atoms with Gasteiger partial charge in [-0.1, -0.05) is 41.7 Å². The summed E-state index contributed by atoms with van der Waals surface area (Å²) in [6, 6.07) is 13.6. The Morgan fingerprint density at radius 1 is 1.12 bits per heavy atom. The van der Waals surface area contributed by atoms with Gasteiger partial charge < -0.3 is 9.30 Å². The van der Waals surface area contributed by atoms with Crippen molar-refractivity contribution in [1.82, 2.24) is 4.57 Å². The summed E-state index contributed by atoms with van der Waals surface area (Å²) >= 11 is 1.39. The quantitative estimate of drug-likeness (QED) is 0.665. The number of carbonyl (C=O) groups is 2. The van der Waals surface area contributed by atoms with Crippen LogP contribution in [0.1, 0.15) is 16.7 Å². The first-order valence-electron chi connectivity index (χ1n) is 8.27. The first-order valence-corrected chi connectivity index (χ1v) is 9.08. The number of thiazole rings is 1. The van der Waals surface area contributed by atoms with Crippen molar-refractivity contribution in [3.05, 3.63) is 64.0 Å². The highest BCUT2D eigenvalue weighted by Gasteiger charge is 2.11. The van der Waals surface area contributed by atoms with E-state index in [4.69, 9.17) is 4.74 Å². The van der Waals surface area contributed by atoms with E-state index in [9.17, 15) is 9.59 Å². The lowest BCUT2D eigenvalue weighted by atomic mass is 10.0. The fraction of sp³-hybridized carbons (Fsp3) is 0.250. The molecule has 0 fully saturated rings. The molecule has 3 aromatic rings. The summed E-state index contributed by atoms with van der Waals surface area (Å²) in [5.41, 5.74) is 4.14. The molecule has 0 saturated carbocycles. The van der Waals surface area contributed by atoms with Crippen LogP contribution in [0.3, 0.4) is 0 Å². The van der Waals surface area contributed by atoms with Crippen LogP contribution in [0.15, 0.2) is 47.5 Å². The molecule has 1 amide bonds. The Kier molecular flexibility index (Phi) is 5.32. The maximum absolute atomic E-state index is 12.5. The minimum atomic E-state index is -0.378. The molecule has 3 rings (SSSR count). The third-order valence-electron chi connectivity index (χ3n) is 4.25. The maximum Gasteiger partial charge on any atom is 0.325 e. The second-order valence-electron chi connectivity index (χ2n) is 6.12. The van der Waals surface area contributed by atoms with Crippen LogP contribution in [-0.2, 0) is 27.3 Å². The Balaban J connectivity index is 1.97. The van der Waals surface area contributed by atoms with Crippen molar-refractivity contribution in [3.8, 4) is 0 Å². The summed E-state index contributed by atoms with van der Waals surface area (Å²) in [6.45, 7) is 4.09. The summed E-state index contributed by atoms with van der Waals surface area (Å²) in [4.78, 5) is 29.0. The van der Waals surface area contributed by atoms with E-state index < -0.39 is 0 Å². The number of aromatic nitrogens is 1. The summed E-state index contributed by atoms with van der Waals surface area (Å²) < 4.78 is 7.46. The van der Waals surface area contributed by atoms with Gasteiger partial charge in [-0.05, 0) is 42.7 Å². The van der Waals surface area contributed by atoms with Gasteiger partial charge in [-0.25, -0.2) is 0 Å². The zero-order valence-corrected chi connectivity index (χ0v) is 15.8. The minimum Gasteiger partial charge on any atom is -0.468 e. The van der Waals surface area contributed by atoms with E-state index >= 15 is 0 Å². The predicted molar refractivity (Wildman–Crippen MR) is 102 cm³/mol. The molecule has 5 nitrogen and oxygen atoms in total. The molecule has 0 N–H and O–H groups in total. The summed E-state index contributed by atoms with van der Waals surface area (Å²) in [7, 11) is 1.35. The van der Waals surface area contributed by atoms with Crippen molar-refractivity contribution in [2.45, 2.75) is 26.8 Å². The number of para-hydroxylation sites is 1. The minimum absolute atomic E-state index is 0.0241. The largest absolute Gasteiger partial charge is 0.468 e. The zero-order chi connectivity index (χ0) is 18.7. The van der Waals surface area contributed by atoms with E-state index in [0.717, 1.165) is 21.3 Å². The van der Waals surface area contributed by atoms with Crippen molar-refractivity contribution in [2.24, 2.45) is 4.99 Å². The Bertz CT molecular complexity index is 1050. The number of amides is 1. The van der Waals surface area contributed by atoms with Gasteiger partial charge in [0.25, 0.3) is 5.91 Å². The van der Waals surface area contributed by atoms with Crippen LogP contribution in [0.2, 0.25) is 0 Å². The average molecular weight is 368 g/mol. The second kappa shape index (κ2) is 7.66. The molecule has 0 aliphatic carbocycles. The number of benzene rings is 2. The number of carbonyl (C=O) groups excluding carboxylic acids is 2. The lowest BCUT2D eigenvalue weighted by Crippen LogP contribution is -2.22. The topological polar surface area (TPSA) is 60.7 Å². The number of hydrogen-bond donors (Lipinski definition) is 0. The molecule has 0 aliphatic heterocycles. The van der Waals surface area contributed by atoms with Crippen molar-refractivity contribution in [1.29, 1.82) is 0 Å². The van der Waals surface area contributed by atoms with Gasteiger partial charge in [0, 0.05) is 0 Å². The Morgan fingerprint density at radius 2 is 1.88 bits per heavy atom. The highest BCUT2D eigenvalue weighted by molar-refractivity contribution is 7.16. The molecule has 0 radical (unpaired) electrons. The van der Waals surface area contributed by atoms with Gasteiger partial charge in [-0.2, -0.15) is 4.99 Å². The van der Waals surface area contributed by atoms with Gasteiger partial charge >= 0.3 is 5.97 Å². The van der Waals surface area contributed by atoms with Crippen molar-refractivity contribution in [3.63, 3.8) is 0 Å². The summed E-state index contributed by atoms with van der Waals surface area (Å²) in [5.74, 6) is -0.616. The van der Waals surface area contributed by atoms with Crippen LogP contribution in [-0.4, -0.2) is 23.6 Å². The highest BCUT2D eigenvalue weighted by atomic mass is 32.1. The van der Waals surface area contributed by atoms with Gasteiger partial charge in [0.1, 0.15) is 6.54 Å². The van der Waals surface area contributed by atoms with Crippen LogP contribution in [0, 0.1) is 13.8 Å². The van der Waals surface area contributed by atoms with Gasteiger partial charge in [0.2, 0.25) is 0 Å². The first kappa shape index (κ1) is 18.1. The van der Waals surface area contributed by atoms with Crippen LogP contribution < -0.4 is 4.80 Å². The number of aryl methyl sites for hydroxylation is 2. The lowest BCUT2D eigenvalue weighted by molar-refractivity contribution is -0.141. The van der Waals surface area contributed by atoms with Crippen LogP contribution in [0.4, 0.5) is 0 Å². The monoisotopic (exact) mass is 368 g/mol. The maximum atomic E-state index is 12.5. The fourth-order valence-electron chi connectivity index (χ4n) is 2.69. The van der Waals surface area contributed by atoms with Gasteiger partial charge in [0.15, 0.2) is 4.80 Å². The number of methoxy groups -OCH3 is 1. The molecular formula is C20H20N2O3S. The molecule has 1 aromatic heterocycles. The van der Waals surface area contributed by atoms with Gasteiger partial charge in [-0.15, -0.1) is 0 Å². The lowest BCUT2D eigenvalue weighted by Gasteiger charge is -2.04. The Labute approximate surface area is 155 Å². The molecule has 26 heavy (non-hydrogen) atoms. The van der Waals surface area contributed by atoms with Crippen LogP contribution >= 0.6 is 11.3 Å². The van der Waals surface area contributed by atoms with E-state index in [1.807, 2.05) is 56.3 Å². The van der Waals surface area contributed by atoms with Crippen molar-refractivity contribution in [2.75, 3.05) is 7.11 Å². The number of rotatable bonds is 4. The molecule has 0 saturated heterocycles. The second-order valence-corrected chi connectivity index (χ2v) is 7.12. The molecule has 0 spiro atoms. The summed E-state index contributed by atoms with van der Waals surface area (Å²) in [5, 5.41) is 0. The number of nitrogens with zero attached hydrogens (tertiary/aromatic N) is 2. The van der Waals surface area contributed by atoms with E-state index in [1.165, 1.54) is 24.0 Å². The van der Waals surface area contributed by atoms with E-state index in [-0.39, 0.29) is 24.8 Å². The van der Waals surface area contributed by atoms with E-state index in [1.54, 1.807) is 4.57 Å². The Hall–Kier alpha value is -2.73. The smallest absolute Gasteiger partial charge is 0.325 e.